The highest BCUT2D eigenvalue weighted by molar-refractivity contribution is 14.1. The molecule has 2 nitrogen and oxygen atoms in total. The van der Waals surface area contributed by atoms with Gasteiger partial charge in [0.15, 0.2) is 16.6 Å². The standard InChI is InChI=1S/C23H47IO2Si2/c1-19(18-24)15-16-21(26-28(11,12)23(6,7)8)20(2)14-13-17-25-27(9,10)22(3,4)5/h13-16,19-21H,17-18H2,1-12H3/b14-13-,16-15-/t19-,20+,21+/m1/s1. The predicted octanol–water partition coefficient (Wildman–Crippen LogP) is 8.22. The molecule has 0 aliphatic rings. The van der Waals surface area contributed by atoms with Crippen LogP contribution in [-0.4, -0.2) is 33.8 Å². The molecule has 5 heteroatoms. The predicted molar refractivity (Wildman–Crippen MR) is 141 cm³/mol. The Hall–Kier alpha value is 0.564. The van der Waals surface area contributed by atoms with Crippen molar-refractivity contribution in [2.45, 2.75) is 97.8 Å². The van der Waals surface area contributed by atoms with Crippen molar-refractivity contribution >= 4 is 39.2 Å². The van der Waals surface area contributed by atoms with Crippen molar-refractivity contribution in [3.8, 4) is 0 Å². The maximum atomic E-state index is 6.78. The zero-order valence-corrected chi connectivity index (χ0v) is 24.8. The Labute approximate surface area is 192 Å². The molecule has 0 saturated heterocycles. The highest BCUT2D eigenvalue weighted by Gasteiger charge is 2.39. The van der Waals surface area contributed by atoms with E-state index < -0.39 is 16.6 Å². The van der Waals surface area contributed by atoms with Crippen LogP contribution in [0, 0.1) is 11.8 Å². The van der Waals surface area contributed by atoms with Gasteiger partial charge in [0.1, 0.15) is 0 Å². The molecule has 0 N–H and O–H groups in total. The quantitative estimate of drug-likeness (QED) is 0.121. The summed E-state index contributed by atoms with van der Waals surface area (Å²) < 4.78 is 14.2. The molecule has 0 amide bonds. The van der Waals surface area contributed by atoms with Gasteiger partial charge in [-0.1, -0.05) is 102 Å². The van der Waals surface area contributed by atoms with Gasteiger partial charge in [-0.15, -0.1) is 0 Å². The molecule has 0 saturated carbocycles. The van der Waals surface area contributed by atoms with Crippen LogP contribution < -0.4 is 0 Å². The van der Waals surface area contributed by atoms with E-state index in [0.717, 1.165) is 4.43 Å². The summed E-state index contributed by atoms with van der Waals surface area (Å²) in [7, 11) is -3.52. The summed E-state index contributed by atoms with van der Waals surface area (Å²) in [6, 6.07) is 0. The Morgan fingerprint density at radius 1 is 0.821 bits per heavy atom. The molecule has 0 aromatic heterocycles. The van der Waals surface area contributed by atoms with E-state index in [1.54, 1.807) is 0 Å². The second-order valence-electron chi connectivity index (χ2n) is 11.2. The van der Waals surface area contributed by atoms with E-state index in [-0.39, 0.29) is 16.2 Å². The lowest BCUT2D eigenvalue weighted by Crippen LogP contribution is -2.44. The normalized spacial score (nSPS) is 18.0. The Morgan fingerprint density at radius 3 is 1.75 bits per heavy atom. The first-order valence-electron chi connectivity index (χ1n) is 10.7. The average molecular weight is 539 g/mol. The van der Waals surface area contributed by atoms with Crippen LogP contribution in [0.4, 0.5) is 0 Å². The van der Waals surface area contributed by atoms with Crippen LogP contribution in [0.5, 0.6) is 0 Å². The van der Waals surface area contributed by atoms with E-state index in [1.165, 1.54) is 0 Å². The first-order valence-corrected chi connectivity index (χ1v) is 18.0. The van der Waals surface area contributed by atoms with Gasteiger partial charge in [-0.2, -0.15) is 0 Å². The van der Waals surface area contributed by atoms with E-state index in [2.05, 4.69) is 128 Å². The van der Waals surface area contributed by atoms with Gasteiger partial charge in [0.2, 0.25) is 0 Å². The van der Waals surface area contributed by atoms with Crippen molar-refractivity contribution < 1.29 is 8.85 Å². The van der Waals surface area contributed by atoms with E-state index in [1.807, 2.05) is 0 Å². The summed E-state index contributed by atoms with van der Waals surface area (Å²) in [6.07, 6.45) is 9.22. The Bertz CT molecular complexity index is 514. The highest BCUT2D eigenvalue weighted by atomic mass is 127. The lowest BCUT2D eigenvalue weighted by atomic mass is 10.0. The topological polar surface area (TPSA) is 18.5 Å². The molecule has 0 unspecified atom stereocenters. The lowest BCUT2D eigenvalue weighted by molar-refractivity contribution is 0.189. The minimum absolute atomic E-state index is 0.121. The van der Waals surface area contributed by atoms with Gasteiger partial charge in [-0.3, -0.25) is 0 Å². The van der Waals surface area contributed by atoms with Crippen LogP contribution in [0.25, 0.3) is 0 Å². The minimum Gasteiger partial charge on any atom is -0.413 e. The van der Waals surface area contributed by atoms with Gasteiger partial charge in [-0.05, 0) is 42.2 Å². The third-order valence-electron chi connectivity index (χ3n) is 6.41. The van der Waals surface area contributed by atoms with Gasteiger partial charge in [-0.25, -0.2) is 0 Å². The molecule has 0 heterocycles. The lowest BCUT2D eigenvalue weighted by Gasteiger charge is -2.40. The monoisotopic (exact) mass is 538 g/mol. The molecule has 3 atom stereocenters. The molecular weight excluding hydrogens is 491 g/mol. The fraction of sp³-hybridized carbons (Fsp3) is 0.826. The van der Waals surface area contributed by atoms with Crippen LogP contribution in [-0.2, 0) is 8.85 Å². The number of hydrogen-bond acceptors (Lipinski definition) is 2. The van der Waals surface area contributed by atoms with Crippen molar-refractivity contribution in [3.63, 3.8) is 0 Å². The Balaban J connectivity index is 5.21. The van der Waals surface area contributed by atoms with Crippen molar-refractivity contribution in [1.29, 1.82) is 0 Å². The van der Waals surface area contributed by atoms with Crippen molar-refractivity contribution in [2.24, 2.45) is 11.8 Å². The van der Waals surface area contributed by atoms with Crippen molar-refractivity contribution in [1.82, 2.24) is 0 Å². The van der Waals surface area contributed by atoms with Crippen LogP contribution in [0.3, 0.4) is 0 Å². The molecule has 0 aliphatic heterocycles. The summed E-state index contributed by atoms with van der Waals surface area (Å²) in [4.78, 5) is 0. The van der Waals surface area contributed by atoms with Crippen LogP contribution in [0.2, 0.25) is 36.3 Å². The number of hydrogen-bond donors (Lipinski definition) is 0. The van der Waals surface area contributed by atoms with E-state index in [0.29, 0.717) is 18.4 Å². The first-order chi connectivity index (χ1) is 12.4. The van der Waals surface area contributed by atoms with Gasteiger partial charge in [0, 0.05) is 10.3 Å². The molecule has 0 aliphatic carbocycles. The highest BCUT2D eigenvalue weighted by Crippen LogP contribution is 2.39. The Morgan fingerprint density at radius 2 is 1.32 bits per heavy atom. The van der Waals surface area contributed by atoms with Crippen LogP contribution in [0.1, 0.15) is 55.4 Å². The minimum atomic E-state index is -1.83. The van der Waals surface area contributed by atoms with E-state index >= 15 is 0 Å². The summed E-state index contributed by atoms with van der Waals surface area (Å²) in [5.41, 5.74) is 0. The average Bonchev–Trinajstić information content (AvgIpc) is 2.52. The van der Waals surface area contributed by atoms with E-state index in [4.69, 9.17) is 8.85 Å². The molecule has 0 spiro atoms. The molecule has 0 bridgehead atoms. The Kier molecular flexibility index (Phi) is 11.5. The maximum Gasteiger partial charge on any atom is 0.192 e. The molecule has 0 rings (SSSR count). The van der Waals surface area contributed by atoms with E-state index in [9.17, 15) is 0 Å². The zero-order chi connectivity index (χ0) is 22.4. The second kappa shape index (κ2) is 11.3. The molecule has 0 radical (unpaired) electrons. The van der Waals surface area contributed by atoms with Gasteiger partial charge in [0.25, 0.3) is 0 Å². The van der Waals surface area contributed by atoms with Gasteiger partial charge in [0.05, 0.1) is 12.7 Å². The number of allylic oxidation sites excluding steroid dienone is 1. The largest absolute Gasteiger partial charge is 0.413 e. The third-order valence-corrected chi connectivity index (χ3v) is 16.8. The van der Waals surface area contributed by atoms with Gasteiger partial charge < -0.3 is 8.85 Å². The molecule has 166 valence electrons. The summed E-state index contributed by atoms with van der Waals surface area (Å²) in [5.74, 6) is 0.902. The molecule has 28 heavy (non-hydrogen) atoms. The van der Waals surface area contributed by atoms with Crippen molar-refractivity contribution in [3.05, 3.63) is 24.3 Å². The maximum absolute atomic E-state index is 6.78. The van der Waals surface area contributed by atoms with Crippen LogP contribution >= 0.6 is 22.6 Å². The summed E-state index contributed by atoms with van der Waals surface area (Å²) in [5, 5.41) is 0.460. The number of halogens is 1. The van der Waals surface area contributed by atoms with Gasteiger partial charge >= 0.3 is 0 Å². The summed E-state index contributed by atoms with van der Waals surface area (Å²) >= 11 is 2.45. The zero-order valence-electron chi connectivity index (χ0n) is 20.7. The van der Waals surface area contributed by atoms with Crippen molar-refractivity contribution in [2.75, 3.05) is 11.0 Å². The number of rotatable bonds is 10. The number of alkyl halides is 1. The third kappa shape index (κ3) is 9.58. The molecule has 0 aromatic rings. The molecular formula is C23H47IO2Si2. The SMILES string of the molecule is C[C@H](/C=C\[C@H](O[Si](C)(C)C(C)(C)C)[C@@H](C)/C=C\CO[Si](C)(C)C(C)(C)C)CI. The molecule has 0 fully saturated rings. The summed E-state index contributed by atoms with van der Waals surface area (Å²) in [6.45, 7) is 28.3. The second-order valence-corrected chi connectivity index (χ2v) is 21.7. The smallest absolute Gasteiger partial charge is 0.192 e. The van der Waals surface area contributed by atoms with Crippen LogP contribution in [0.15, 0.2) is 24.3 Å². The molecule has 0 aromatic carbocycles. The fourth-order valence-corrected chi connectivity index (χ4v) is 4.61. The fourth-order valence-electron chi connectivity index (χ4n) is 2.04. The first kappa shape index (κ1) is 28.6.